The van der Waals surface area contributed by atoms with E-state index in [2.05, 4.69) is 34.9 Å². The van der Waals surface area contributed by atoms with Crippen LogP contribution in [0, 0.1) is 0 Å². The lowest BCUT2D eigenvalue weighted by molar-refractivity contribution is 0.692. The molecule has 0 aliphatic carbocycles. The Morgan fingerprint density at radius 1 is 1.38 bits per heavy atom. The van der Waals surface area contributed by atoms with E-state index in [4.69, 9.17) is 0 Å². The van der Waals surface area contributed by atoms with Gasteiger partial charge in [-0.2, -0.15) is 11.8 Å². The van der Waals surface area contributed by atoms with E-state index in [1.165, 1.54) is 0 Å². The van der Waals surface area contributed by atoms with Crippen molar-refractivity contribution in [2.75, 3.05) is 12.0 Å². The molecule has 0 amide bonds. The van der Waals surface area contributed by atoms with Gasteiger partial charge in [-0.05, 0) is 6.26 Å². The Bertz CT molecular complexity index is 268. The molecule has 4 heteroatoms. The Morgan fingerprint density at radius 2 is 2.08 bits per heavy atom. The number of aromatic nitrogens is 3. The fourth-order valence-corrected chi connectivity index (χ4v) is 1.68. The monoisotopic (exact) mass is 199 g/mol. The van der Waals surface area contributed by atoms with Gasteiger partial charge in [0.2, 0.25) is 0 Å². The van der Waals surface area contributed by atoms with E-state index in [-0.39, 0.29) is 0 Å². The van der Waals surface area contributed by atoms with Crippen molar-refractivity contribution in [3.63, 3.8) is 0 Å². The summed E-state index contributed by atoms with van der Waals surface area (Å²) in [4.78, 5) is 0. The van der Waals surface area contributed by atoms with Gasteiger partial charge < -0.3 is 4.57 Å². The summed E-state index contributed by atoms with van der Waals surface area (Å²) in [6.07, 6.45) is 3.12. The fourth-order valence-electron chi connectivity index (χ4n) is 1.29. The summed E-state index contributed by atoms with van der Waals surface area (Å²) < 4.78 is 2.11. The average molecular weight is 199 g/mol. The summed E-state index contributed by atoms with van der Waals surface area (Å²) in [5.74, 6) is 3.75. The molecule has 0 aromatic carbocycles. The van der Waals surface area contributed by atoms with Gasteiger partial charge in [0.25, 0.3) is 0 Å². The molecule has 0 spiro atoms. The molecule has 1 heterocycles. The third-order valence-corrected chi connectivity index (χ3v) is 2.66. The molecule has 0 aliphatic rings. The minimum atomic E-state index is 0.459. The quantitative estimate of drug-likeness (QED) is 0.741. The van der Waals surface area contributed by atoms with E-state index in [0.717, 1.165) is 23.8 Å². The summed E-state index contributed by atoms with van der Waals surface area (Å²) >= 11 is 1.84. The van der Waals surface area contributed by atoms with Crippen LogP contribution in [0.5, 0.6) is 0 Å². The van der Waals surface area contributed by atoms with Crippen LogP contribution in [0.4, 0.5) is 0 Å². The molecule has 1 aromatic rings. The largest absolute Gasteiger partial charge is 0.318 e. The van der Waals surface area contributed by atoms with Crippen LogP contribution in [0.3, 0.4) is 0 Å². The van der Waals surface area contributed by atoms with Crippen molar-refractivity contribution in [1.29, 1.82) is 0 Å². The van der Waals surface area contributed by atoms with Gasteiger partial charge in [-0.25, -0.2) is 0 Å². The zero-order valence-electron chi connectivity index (χ0n) is 8.74. The first-order valence-corrected chi connectivity index (χ1v) is 5.93. The van der Waals surface area contributed by atoms with Gasteiger partial charge in [-0.3, -0.25) is 0 Å². The van der Waals surface area contributed by atoms with Gasteiger partial charge in [0.05, 0.1) is 0 Å². The van der Waals surface area contributed by atoms with Crippen LogP contribution >= 0.6 is 11.8 Å². The summed E-state index contributed by atoms with van der Waals surface area (Å²) in [6, 6.07) is 0. The van der Waals surface area contributed by atoms with Crippen LogP contribution in [0.25, 0.3) is 0 Å². The number of hydrogen-bond donors (Lipinski definition) is 0. The Balaban J connectivity index is 2.74. The van der Waals surface area contributed by atoms with Crippen molar-refractivity contribution in [1.82, 2.24) is 14.8 Å². The lowest BCUT2D eigenvalue weighted by Crippen LogP contribution is -2.04. The van der Waals surface area contributed by atoms with Crippen molar-refractivity contribution in [2.45, 2.75) is 26.2 Å². The van der Waals surface area contributed by atoms with Crippen molar-refractivity contribution in [3.8, 4) is 0 Å². The number of aryl methyl sites for hydroxylation is 1. The predicted octanol–water partition coefficient (Wildman–Crippen LogP) is 1.84. The standard InChI is InChI=1S/C9H17N3S/c1-7(2)9-11-10-8(12(9)3)5-6-13-4/h7H,5-6H2,1-4H3. The maximum absolute atomic E-state index is 4.17. The number of thioether (sulfide) groups is 1. The number of nitrogens with zero attached hydrogens (tertiary/aromatic N) is 3. The molecule has 0 atom stereocenters. The third-order valence-electron chi connectivity index (χ3n) is 2.04. The minimum Gasteiger partial charge on any atom is -0.318 e. The highest BCUT2D eigenvalue weighted by Gasteiger charge is 2.10. The first kappa shape index (κ1) is 10.6. The van der Waals surface area contributed by atoms with Crippen LogP contribution < -0.4 is 0 Å². The van der Waals surface area contributed by atoms with Crippen LogP contribution in [0.2, 0.25) is 0 Å². The van der Waals surface area contributed by atoms with Gasteiger partial charge >= 0.3 is 0 Å². The molecule has 0 saturated heterocycles. The maximum Gasteiger partial charge on any atom is 0.135 e. The van der Waals surface area contributed by atoms with E-state index < -0.39 is 0 Å². The second kappa shape index (κ2) is 4.65. The van der Waals surface area contributed by atoms with E-state index in [1.54, 1.807) is 0 Å². The zero-order chi connectivity index (χ0) is 9.84. The smallest absolute Gasteiger partial charge is 0.135 e. The molecule has 0 bridgehead atoms. The van der Waals surface area contributed by atoms with E-state index in [1.807, 2.05) is 18.8 Å². The molecule has 0 radical (unpaired) electrons. The zero-order valence-corrected chi connectivity index (χ0v) is 9.56. The molecule has 13 heavy (non-hydrogen) atoms. The van der Waals surface area contributed by atoms with E-state index >= 15 is 0 Å². The summed E-state index contributed by atoms with van der Waals surface area (Å²) in [5.41, 5.74) is 0. The normalized spacial score (nSPS) is 11.2. The third kappa shape index (κ3) is 2.46. The number of rotatable bonds is 4. The average Bonchev–Trinajstić information content (AvgIpc) is 2.43. The maximum atomic E-state index is 4.17. The van der Waals surface area contributed by atoms with Crippen LogP contribution in [-0.2, 0) is 13.5 Å². The van der Waals surface area contributed by atoms with Gasteiger partial charge in [-0.15, -0.1) is 10.2 Å². The summed E-state index contributed by atoms with van der Waals surface area (Å²) in [5, 5.41) is 8.35. The van der Waals surface area contributed by atoms with E-state index in [9.17, 15) is 0 Å². The van der Waals surface area contributed by atoms with E-state index in [0.29, 0.717) is 5.92 Å². The highest BCUT2D eigenvalue weighted by Crippen LogP contribution is 2.12. The molecule has 1 aromatic heterocycles. The number of hydrogen-bond acceptors (Lipinski definition) is 3. The second-order valence-corrected chi connectivity index (χ2v) is 4.42. The first-order chi connectivity index (χ1) is 6.16. The summed E-state index contributed by atoms with van der Waals surface area (Å²) in [7, 11) is 2.05. The van der Waals surface area contributed by atoms with Gasteiger partial charge in [0.15, 0.2) is 0 Å². The molecule has 0 unspecified atom stereocenters. The van der Waals surface area contributed by atoms with Crippen LogP contribution in [-0.4, -0.2) is 26.8 Å². The Morgan fingerprint density at radius 3 is 2.54 bits per heavy atom. The molecule has 0 aliphatic heterocycles. The molecular formula is C9H17N3S. The fraction of sp³-hybridized carbons (Fsp3) is 0.778. The highest BCUT2D eigenvalue weighted by atomic mass is 32.2. The lowest BCUT2D eigenvalue weighted by Gasteiger charge is -2.05. The molecule has 0 N–H and O–H groups in total. The van der Waals surface area contributed by atoms with Gasteiger partial charge in [-0.1, -0.05) is 13.8 Å². The highest BCUT2D eigenvalue weighted by molar-refractivity contribution is 7.98. The SMILES string of the molecule is CSCCc1nnc(C(C)C)n1C. The summed E-state index contributed by atoms with van der Waals surface area (Å²) in [6.45, 7) is 4.28. The lowest BCUT2D eigenvalue weighted by atomic mass is 10.2. The Kier molecular flexibility index (Phi) is 3.78. The minimum absolute atomic E-state index is 0.459. The van der Waals surface area contributed by atoms with Gasteiger partial charge in [0.1, 0.15) is 11.6 Å². The second-order valence-electron chi connectivity index (χ2n) is 3.43. The molecule has 3 nitrogen and oxygen atoms in total. The Hall–Kier alpha value is -0.510. The van der Waals surface area contributed by atoms with Crippen molar-refractivity contribution >= 4 is 11.8 Å². The molecule has 74 valence electrons. The molecule has 0 fully saturated rings. The molecular weight excluding hydrogens is 182 g/mol. The van der Waals surface area contributed by atoms with Crippen LogP contribution in [0.15, 0.2) is 0 Å². The topological polar surface area (TPSA) is 30.7 Å². The Labute approximate surface area is 83.9 Å². The van der Waals surface area contributed by atoms with Crippen molar-refractivity contribution in [2.24, 2.45) is 7.05 Å². The predicted molar refractivity (Wildman–Crippen MR) is 57.2 cm³/mol. The first-order valence-electron chi connectivity index (χ1n) is 4.54. The van der Waals surface area contributed by atoms with Crippen molar-refractivity contribution < 1.29 is 0 Å². The molecule has 0 saturated carbocycles. The van der Waals surface area contributed by atoms with Crippen molar-refractivity contribution in [3.05, 3.63) is 11.6 Å². The molecule has 1 rings (SSSR count). The van der Waals surface area contributed by atoms with Gasteiger partial charge in [0, 0.05) is 25.1 Å². The van der Waals surface area contributed by atoms with Crippen LogP contribution in [0.1, 0.15) is 31.4 Å².